The first-order valence-electron chi connectivity index (χ1n) is 4.64. The Morgan fingerprint density at radius 2 is 2.29 bits per heavy atom. The van der Waals surface area contributed by atoms with Crippen LogP contribution in [0.1, 0.15) is 13.3 Å². The molecule has 1 N–H and O–H groups in total. The van der Waals surface area contributed by atoms with Crippen LogP contribution < -0.4 is 0 Å². The maximum atomic E-state index is 11.0. The molecule has 1 amide bonds. The molecule has 1 fully saturated rings. The quantitative estimate of drug-likeness (QED) is 0.692. The van der Waals surface area contributed by atoms with E-state index in [0.717, 1.165) is 13.0 Å². The Hall–Kier alpha value is -1.10. The number of aliphatic carboxylic acids is 1. The van der Waals surface area contributed by atoms with E-state index in [-0.39, 0.29) is 12.5 Å². The van der Waals surface area contributed by atoms with Gasteiger partial charge < -0.3 is 14.7 Å². The molecule has 5 heteroatoms. The third-order valence-electron chi connectivity index (χ3n) is 2.31. The zero-order valence-electron chi connectivity index (χ0n) is 8.23. The molecule has 0 aliphatic carbocycles. The molecule has 0 aromatic carbocycles. The lowest BCUT2D eigenvalue weighted by Gasteiger charge is -2.13. The van der Waals surface area contributed by atoms with Gasteiger partial charge in [0, 0.05) is 25.9 Å². The van der Waals surface area contributed by atoms with Crippen LogP contribution >= 0.6 is 0 Å². The molecule has 0 aromatic rings. The van der Waals surface area contributed by atoms with E-state index in [1.54, 1.807) is 11.8 Å². The van der Waals surface area contributed by atoms with Gasteiger partial charge in [-0.05, 0) is 6.42 Å². The Morgan fingerprint density at radius 1 is 1.57 bits per heavy atom. The van der Waals surface area contributed by atoms with E-state index in [2.05, 4.69) is 0 Å². The number of nitrogens with zero attached hydrogens (tertiary/aromatic N) is 1. The van der Waals surface area contributed by atoms with Crippen molar-refractivity contribution < 1.29 is 19.4 Å². The molecule has 0 bridgehead atoms. The third kappa shape index (κ3) is 3.33. The van der Waals surface area contributed by atoms with Crippen molar-refractivity contribution in [2.75, 3.05) is 26.3 Å². The number of carboxylic acids is 1. The Labute approximate surface area is 82.6 Å². The molecule has 1 aliphatic heterocycles. The molecule has 0 aromatic heterocycles. The molecule has 1 aliphatic rings. The van der Waals surface area contributed by atoms with E-state index in [0.29, 0.717) is 19.1 Å². The van der Waals surface area contributed by atoms with Crippen LogP contribution in [0.2, 0.25) is 0 Å². The zero-order valence-corrected chi connectivity index (χ0v) is 8.23. The van der Waals surface area contributed by atoms with E-state index >= 15 is 0 Å². The third-order valence-corrected chi connectivity index (χ3v) is 2.31. The van der Waals surface area contributed by atoms with Crippen LogP contribution in [0.4, 0.5) is 0 Å². The summed E-state index contributed by atoms with van der Waals surface area (Å²) in [4.78, 5) is 22.9. The van der Waals surface area contributed by atoms with Gasteiger partial charge in [0.1, 0.15) is 6.61 Å². The number of carbonyl (C=O) groups excluding carboxylic acids is 1. The van der Waals surface area contributed by atoms with E-state index in [9.17, 15) is 9.59 Å². The van der Waals surface area contributed by atoms with Gasteiger partial charge in [0.15, 0.2) is 0 Å². The molecule has 1 heterocycles. The second kappa shape index (κ2) is 4.95. The topological polar surface area (TPSA) is 66.8 Å². The normalized spacial score (nSPS) is 21.2. The van der Waals surface area contributed by atoms with E-state index in [1.807, 2.05) is 0 Å². The summed E-state index contributed by atoms with van der Waals surface area (Å²) in [5.74, 6) is -0.588. The number of likely N-dealkylation sites (tertiary alicyclic amines) is 1. The smallest absolute Gasteiger partial charge is 0.329 e. The monoisotopic (exact) mass is 201 g/mol. The minimum Gasteiger partial charge on any atom is -0.480 e. The van der Waals surface area contributed by atoms with Crippen LogP contribution in [-0.4, -0.2) is 48.2 Å². The van der Waals surface area contributed by atoms with Crippen molar-refractivity contribution in [3.63, 3.8) is 0 Å². The van der Waals surface area contributed by atoms with E-state index < -0.39 is 5.97 Å². The second-order valence-electron chi connectivity index (χ2n) is 3.53. The zero-order chi connectivity index (χ0) is 10.6. The van der Waals surface area contributed by atoms with Crippen LogP contribution in [0.25, 0.3) is 0 Å². The predicted molar refractivity (Wildman–Crippen MR) is 48.8 cm³/mol. The van der Waals surface area contributed by atoms with Crippen molar-refractivity contribution >= 4 is 11.9 Å². The molecule has 1 rings (SSSR count). The fourth-order valence-electron chi connectivity index (χ4n) is 1.57. The van der Waals surface area contributed by atoms with Gasteiger partial charge in [-0.1, -0.05) is 0 Å². The minimum absolute atomic E-state index is 0.0748. The first kappa shape index (κ1) is 11.0. The van der Waals surface area contributed by atoms with Crippen LogP contribution in [0.3, 0.4) is 0 Å². The van der Waals surface area contributed by atoms with Gasteiger partial charge in [-0.2, -0.15) is 0 Å². The summed E-state index contributed by atoms with van der Waals surface area (Å²) in [6.45, 7) is 3.17. The van der Waals surface area contributed by atoms with Crippen molar-refractivity contribution in [1.82, 2.24) is 4.90 Å². The highest BCUT2D eigenvalue weighted by Gasteiger charge is 2.24. The lowest BCUT2D eigenvalue weighted by molar-refractivity contribution is -0.142. The van der Waals surface area contributed by atoms with E-state index in [1.165, 1.54) is 0 Å². The highest BCUT2D eigenvalue weighted by atomic mass is 16.5. The predicted octanol–water partition coefficient (Wildman–Crippen LogP) is -0.0440. The molecule has 14 heavy (non-hydrogen) atoms. The first-order valence-corrected chi connectivity index (χ1v) is 4.64. The average molecular weight is 201 g/mol. The largest absolute Gasteiger partial charge is 0.480 e. The Kier molecular flexibility index (Phi) is 3.88. The molecule has 0 saturated carbocycles. The minimum atomic E-state index is -0.952. The number of carboxylic acid groups (broad SMARTS) is 1. The fourth-order valence-corrected chi connectivity index (χ4v) is 1.57. The van der Waals surface area contributed by atoms with Crippen LogP contribution in [0.5, 0.6) is 0 Å². The summed E-state index contributed by atoms with van der Waals surface area (Å²) in [6.07, 6.45) is 0.902. The Morgan fingerprint density at radius 3 is 2.79 bits per heavy atom. The molecule has 0 spiro atoms. The molecule has 5 nitrogen and oxygen atoms in total. The molecule has 80 valence electrons. The first-order chi connectivity index (χ1) is 6.59. The highest BCUT2D eigenvalue weighted by Crippen LogP contribution is 2.16. The van der Waals surface area contributed by atoms with Crippen LogP contribution in [0.15, 0.2) is 0 Å². The number of ether oxygens (including phenoxy) is 1. The van der Waals surface area contributed by atoms with Gasteiger partial charge in [-0.15, -0.1) is 0 Å². The standard InChI is InChI=1S/C9H15NO4/c1-7(11)10-3-2-8(4-10)5-14-6-9(12)13/h8H,2-6H2,1H3,(H,12,13)/t8-/m1/s1. The number of carbonyl (C=O) groups is 2. The highest BCUT2D eigenvalue weighted by molar-refractivity contribution is 5.73. The van der Waals surface area contributed by atoms with Crippen molar-refractivity contribution in [1.29, 1.82) is 0 Å². The van der Waals surface area contributed by atoms with Crippen molar-refractivity contribution in [3.05, 3.63) is 0 Å². The maximum Gasteiger partial charge on any atom is 0.329 e. The van der Waals surface area contributed by atoms with Gasteiger partial charge in [0.05, 0.1) is 6.61 Å². The number of amides is 1. The Bertz CT molecular complexity index is 229. The molecule has 0 unspecified atom stereocenters. The SMILES string of the molecule is CC(=O)N1CC[C@@H](COCC(=O)O)C1. The lowest BCUT2D eigenvalue weighted by atomic mass is 10.1. The summed E-state index contributed by atoms with van der Waals surface area (Å²) in [7, 11) is 0. The molecule has 1 atom stereocenters. The summed E-state index contributed by atoms with van der Waals surface area (Å²) in [5, 5.41) is 8.34. The van der Waals surface area contributed by atoms with Gasteiger partial charge in [0.2, 0.25) is 5.91 Å². The summed E-state index contributed by atoms with van der Waals surface area (Å²) >= 11 is 0. The number of hydrogen-bond acceptors (Lipinski definition) is 3. The van der Waals surface area contributed by atoms with Gasteiger partial charge >= 0.3 is 5.97 Å². The summed E-state index contributed by atoms with van der Waals surface area (Å²) in [5.41, 5.74) is 0. The molecular weight excluding hydrogens is 186 g/mol. The van der Waals surface area contributed by atoms with Crippen molar-refractivity contribution in [3.8, 4) is 0 Å². The molecule has 1 saturated heterocycles. The van der Waals surface area contributed by atoms with Crippen LogP contribution in [0, 0.1) is 5.92 Å². The molecule has 0 radical (unpaired) electrons. The second-order valence-corrected chi connectivity index (χ2v) is 3.53. The number of rotatable bonds is 4. The fraction of sp³-hybridized carbons (Fsp3) is 0.778. The summed E-state index contributed by atoms with van der Waals surface area (Å²) < 4.78 is 4.97. The molecular formula is C9H15NO4. The maximum absolute atomic E-state index is 11.0. The van der Waals surface area contributed by atoms with E-state index in [4.69, 9.17) is 9.84 Å². The van der Waals surface area contributed by atoms with Crippen molar-refractivity contribution in [2.45, 2.75) is 13.3 Å². The number of hydrogen-bond donors (Lipinski definition) is 1. The van der Waals surface area contributed by atoms with Crippen LogP contribution in [-0.2, 0) is 14.3 Å². The Balaban J connectivity index is 2.16. The lowest BCUT2D eigenvalue weighted by Crippen LogP contribution is -2.26. The van der Waals surface area contributed by atoms with Gasteiger partial charge in [-0.3, -0.25) is 4.79 Å². The van der Waals surface area contributed by atoms with Gasteiger partial charge in [-0.25, -0.2) is 4.79 Å². The average Bonchev–Trinajstić information content (AvgIpc) is 2.52. The summed E-state index contributed by atoms with van der Waals surface area (Å²) in [6, 6.07) is 0. The van der Waals surface area contributed by atoms with Crippen molar-refractivity contribution in [2.24, 2.45) is 5.92 Å². The van der Waals surface area contributed by atoms with Gasteiger partial charge in [0.25, 0.3) is 0 Å².